The maximum Gasteiger partial charge on any atom is 0.240 e. The molecule has 0 aliphatic carbocycles. The monoisotopic (exact) mass is 324 g/mol. The number of piperidine rings is 1. The van der Waals surface area contributed by atoms with E-state index in [1.54, 1.807) is 18.2 Å². The highest BCUT2D eigenvalue weighted by atomic mass is 32.2. The summed E-state index contributed by atoms with van der Waals surface area (Å²) < 4.78 is 32.9. The van der Waals surface area contributed by atoms with Crippen LogP contribution in [0.1, 0.15) is 25.3 Å². The first-order valence-corrected chi connectivity index (χ1v) is 9.51. The molecule has 0 spiro atoms. The summed E-state index contributed by atoms with van der Waals surface area (Å²) in [4.78, 5) is 2.68. The van der Waals surface area contributed by atoms with E-state index < -0.39 is 10.0 Å². The van der Waals surface area contributed by atoms with Crippen molar-refractivity contribution in [1.29, 1.82) is 0 Å². The van der Waals surface area contributed by atoms with Gasteiger partial charge in [0, 0.05) is 26.1 Å². The molecule has 1 atom stereocenters. The number of benzene rings is 1. The van der Waals surface area contributed by atoms with Gasteiger partial charge in [0.1, 0.15) is 5.75 Å². The molecule has 0 unspecified atom stereocenters. The molecule has 0 saturated carbocycles. The normalized spacial score (nSPS) is 22.3. The van der Waals surface area contributed by atoms with Gasteiger partial charge in [-0.2, -0.15) is 0 Å². The fourth-order valence-corrected chi connectivity index (χ4v) is 4.31. The number of ether oxygens (including phenoxy) is 1. The maximum absolute atomic E-state index is 12.4. The van der Waals surface area contributed by atoms with Gasteiger partial charge in [-0.05, 0) is 49.1 Å². The number of nitrogens with zero attached hydrogens (tertiary/aromatic N) is 1. The third-order valence-corrected chi connectivity index (χ3v) is 5.89. The van der Waals surface area contributed by atoms with Crippen LogP contribution in [0.25, 0.3) is 0 Å². The molecule has 1 aromatic rings. The van der Waals surface area contributed by atoms with Crippen molar-refractivity contribution in [3.05, 3.63) is 23.8 Å². The van der Waals surface area contributed by atoms with Crippen LogP contribution < -0.4 is 9.46 Å². The number of sulfonamides is 1. The van der Waals surface area contributed by atoms with E-state index in [-0.39, 0.29) is 0 Å². The first kappa shape index (κ1) is 15.8. The summed E-state index contributed by atoms with van der Waals surface area (Å²) in [5, 5.41) is 0. The Morgan fingerprint density at radius 3 is 3.09 bits per heavy atom. The third kappa shape index (κ3) is 3.62. The minimum Gasteiger partial charge on any atom is -0.493 e. The summed E-state index contributed by atoms with van der Waals surface area (Å²) >= 11 is 0. The maximum atomic E-state index is 12.4. The molecule has 1 N–H and O–H groups in total. The van der Waals surface area contributed by atoms with Crippen molar-refractivity contribution in [3.8, 4) is 5.75 Å². The Morgan fingerprint density at radius 2 is 2.27 bits per heavy atom. The number of likely N-dealkylation sites (tertiary alicyclic amines) is 1. The van der Waals surface area contributed by atoms with Gasteiger partial charge in [-0.1, -0.05) is 6.92 Å². The predicted octanol–water partition coefficient (Wildman–Crippen LogP) is 1.63. The van der Waals surface area contributed by atoms with E-state index in [0.717, 1.165) is 37.4 Å². The average Bonchev–Trinajstić information content (AvgIpc) is 2.94. The second-order valence-electron chi connectivity index (χ2n) is 6.31. The smallest absolute Gasteiger partial charge is 0.240 e. The number of fused-ring (bicyclic) bond motifs is 1. The molecule has 5 nitrogen and oxygen atoms in total. The Kier molecular flexibility index (Phi) is 4.70. The number of nitrogens with one attached hydrogen (secondary N) is 1. The molecule has 2 aliphatic rings. The minimum absolute atomic E-state index is 0.337. The van der Waals surface area contributed by atoms with Gasteiger partial charge in [-0.15, -0.1) is 0 Å². The lowest BCUT2D eigenvalue weighted by Gasteiger charge is -2.30. The molecule has 22 heavy (non-hydrogen) atoms. The fraction of sp³-hybridized carbons (Fsp3) is 0.625. The van der Waals surface area contributed by atoms with E-state index >= 15 is 0 Å². The van der Waals surface area contributed by atoms with Crippen LogP contribution in [0.15, 0.2) is 23.1 Å². The lowest BCUT2D eigenvalue weighted by Crippen LogP contribution is -2.40. The number of hydrogen-bond acceptors (Lipinski definition) is 4. The predicted molar refractivity (Wildman–Crippen MR) is 85.7 cm³/mol. The highest BCUT2D eigenvalue weighted by molar-refractivity contribution is 7.89. The van der Waals surface area contributed by atoms with Gasteiger partial charge >= 0.3 is 0 Å². The van der Waals surface area contributed by atoms with Gasteiger partial charge in [0.05, 0.1) is 11.5 Å². The van der Waals surface area contributed by atoms with Crippen LogP contribution in [-0.2, 0) is 16.4 Å². The van der Waals surface area contributed by atoms with Crippen LogP contribution >= 0.6 is 0 Å². The van der Waals surface area contributed by atoms with Crippen molar-refractivity contribution in [2.45, 2.75) is 31.1 Å². The molecule has 1 fully saturated rings. The fourth-order valence-electron chi connectivity index (χ4n) is 3.24. The van der Waals surface area contributed by atoms with Gasteiger partial charge in [0.15, 0.2) is 0 Å². The molecular weight excluding hydrogens is 300 g/mol. The van der Waals surface area contributed by atoms with Crippen LogP contribution in [-0.4, -0.2) is 46.1 Å². The molecule has 0 bridgehead atoms. The zero-order valence-electron chi connectivity index (χ0n) is 13.0. The Hall–Kier alpha value is -1.11. The molecule has 0 radical (unpaired) electrons. The van der Waals surface area contributed by atoms with Crippen molar-refractivity contribution in [1.82, 2.24) is 9.62 Å². The highest BCUT2D eigenvalue weighted by Gasteiger charge is 2.20. The molecular formula is C16H24N2O3S. The van der Waals surface area contributed by atoms with Gasteiger partial charge < -0.3 is 9.64 Å². The molecule has 3 rings (SSSR count). The average molecular weight is 324 g/mol. The van der Waals surface area contributed by atoms with Crippen LogP contribution in [0.4, 0.5) is 0 Å². The Morgan fingerprint density at radius 1 is 1.41 bits per heavy atom. The SMILES string of the molecule is C[C@@H]1CCCN(CCNS(=O)(=O)c2ccc3c(c2)CCO3)C1. The topological polar surface area (TPSA) is 58.6 Å². The number of rotatable bonds is 5. The number of hydrogen-bond donors (Lipinski definition) is 1. The highest BCUT2D eigenvalue weighted by Crippen LogP contribution is 2.27. The van der Waals surface area contributed by atoms with E-state index in [4.69, 9.17) is 4.74 Å². The molecule has 2 heterocycles. The molecule has 0 aromatic heterocycles. The first-order valence-electron chi connectivity index (χ1n) is 8.02. The van der Waals surface area contributed by atoms with Crippen LogP contribution in [0, 0.1) is 5.92 Å². The van der Waals surface area contributed by atoms with Crippen molar-refractivity contribution >= 4 is 10.0 Å². The summed E-state index contributed by atoms with van der Waals surface area (Å²) in [6, 6.07) is 5.10. The largest absolute Gasteiger partial charge is 0.493 e. The summed E-state index contributed by atoms with van der Waals surface area (Å²) in [5.41, 5.74) is 0.979. The van der Waals surface area contributed by atoms with E-state index in [2.05, 4.69) is 16.5 Å². The zero-order valence-corrected chi connectivity index (χ0v) is 13.9. The van der Waals surface area contributed by atoms with Crippen molar-refractivity contribution < 1.29 is 13.2 Å². The van der Waals surface area contributed by atoms with Crippen LogP contribution in [0.2, 0.25) is 0 Å². The van der Waals surface area contributed by atoms with E-state index in [0.29, 0.717) is 24.0 Å². The lowest BCUT2D eigenvalue weighted by atomic mass is 10.0. The van der Waals surface area contributed by atoms with Crippen molar-refractivity contribution in [2.24, 2.45) is 5.92 Å². The Labute approximate surface area is 132 Å². The third-order valence-electron chi connectivity index (χ3n) is 4.43. The van der Waals surface area contributed by atoms with Crippen molar-refractivity contribution in [3.63, 3.8) is 0 Å². The van der Waals surface area contributed by atoms with Crippen molar-refractivity contribution in [2.75, 3.05) is 32.8 Å². The van der Waals surface area contributed by atoms with E-state index in [9.17, 15) is 8.42 Å². The summed E-state index contributed by atoms with van der Waals surface area (Å²) in [6.07, 6.45) is 3.27. The standard InChI is InChI=1S/C16H24N2O3S/c1-13-3-2-8-18(12-13)9-7-17-22(19,20)15-4-5-16-14(11-15)6-10-21-16/h4-5,11,13,17H,2-3,6-10,12H2,1H3/t13-/m1/s1. The van der Waals surface area contributed by atoms with E-state index in [1.807, 2.05) is 0 Å². The molecule has 122 valence electrons. The molecule has 1 saturated heterocycles. The molecule has 2 aliphatic heterocycles. The second kappa shape index (κ2) is 6.56. The first-order chi connectivity index (χ1) is 10.5. The van der Waals surface area contributed by atoms with Gasteiger partial charge in [-0.3, -0.25) is 0 Å². The Bertz CT molecular complexity index is 630. The minimum atomic E-state index is -3.43. The summed E-state index contributed by atoms with van der Waals surface area (Å²) in [5.74, 6) is 1.52. The van der Waals surface area contributed by atoms with E-state index in [1.165, 1.54) is 12.8 Å². The second-order valence-corrected chi connectivity index (χ2v) is 8.08. The quantitative estimate of drug-likeness (QED) is 0.894. The van der Waals surface area contributed by atoms with Crippen LogP contribution in [0.3, 0.4) is 0 Å². The van der Waals surface area contributed by atoms with Gasteiger partial charge in [-0.25, -0.2) is 13.1 Å². The van der Waals surface area contributed by atoms with Gasteiger partial charge in [0.25, 0.3) is 0 Å². The summed E-state index contributed by atoms with van der Waals surface area (Å²) in [7, 11) is -3.43. The summed E-state index contributed by atoms with van der Waals surface area (Å²) in [6.45, 7) is 6.27. The van der Waals surface area contributed by atoms with Gasteiger partial charge in [0.2, 0.25) is 10.0 Å². The zero-order chi connectivity index (χ0) is 15.6. The van der Waals surface area contributed by atoms with Crippen LogP contribution in [0.5, 0.6) is 5.75 Å². The molecule has 6 heteroatoms. The molecule has 1 aromatic carbocycles. The molecule has 0 amide bonds. The lowest BCUT2D eigenvalue weighted by molar-refractivity contribution is 0.187. The Balaban J connectivity index is 1.57.